The Balaban J connectivity index is 1.52. The highest BCUT2D eigenvalue weighted by atomic mass is 35.5. The number of likely N-dealkylation sites (tertiary alicyclic amines) is 1. The van der Waals surface area contributed by atoms with Crippen molar-refractivity contribution in [2.75, 3.05) is 23.3 Å². The van der Waals surface area contributed by atoms with Crippen LogP contribution in [0.4, 0.5) is 11.4 Å². The van der Waals surface area contributed by atoms with Crippen LogP contribution in [0.1, 0.15) is 35.2 Å². The fraction of sp³-hybridized carbons (Fsp3) is 0.261. The summed E-state index contributed by atoms with van der Waals surface area (Å²) in [5, 5.41) is 3.18. The number of amides is 3. The van der Waals surface area contributed by atoms with Crippen molar-refractivity contribution in [3.8, 4) is 0 Å². The van der Waals surface area contributed by atoms with E-state index in [1.54, 1.807) is 49.4 Å². The Morgan fingerprint density at radius 1 is 0.935 bits per heavy atom. The van der Waals surface area contributed by atoms with Crippen molar-refractivity contribution >= 4 is 52.3 Å². The zero-order valence-electron chi connectivity index (χ0n) is 17.0. The van der Waals surface area contributed by atoms with Gasteiger partial charge in [-0.1, -0.05) is 29.3 Å². The van der Waals surface area contributed by atoms with E-state index in [1.165, 1.54) is 0 Å². The van der Waals surface area contributed by atoms with E-state index in [-0.39, 0.29) is 16.6 Å². The lowest BCUT2D eigenvalue weighted by molar-refractivity contribution is -0.120. The average Bonchev–Trinajstić information content (AvgIpc) is 2.99. The molecule has 1 N–H and O–H groups in total. The molecule has 0 unspecified atom stereocenters. The highest BCUT2D eigenvalue weighted by Gasteiger charge is 2.39. The minimum atomic E-state index is -0.614. The van der Waals surface area contributed by atoms with Crippen LogP contribution in [0.5, 0.6) is 0 Å². The number of imide groups is 1. The molecular formula is C23H21Cl2N3O3. The van der Waals surface area contributed by atoms with Crippen molar-refractivity contribution in [1.29, 1.82) is 0 Å². The Bertz CT molecular complexity index is 1090. The molecule has 8 heteroatoms. The van der Waals surface area contributed by atoms with Crippen LogP contribution in [0.25, 0.3) is 0 Å². The smallest absolute Gasteiger partial charge is 0.283 e. The topological polar surface area (TPSA) is 69.7 Å². The number of anilines is 2. The molecule has 2 aliphatic rings. The van der Waals surface area contributed by atoms with Crippen molar-refractivity contribution in [2.24, 2.45) is 0 Å². The van der Waals surface area contributed by atoms with Gasteiger partial charge in [0.05, 0.1) is 5.69 Å². The zero-order chi connectivity index (χ0) is 22.1. The van der Waals surface area contributed by atoms with E-state index in [0.29, 0.717) is 27.5 Å². The maximum atomic E-state index is 13.0. The lowest BCUT2D eigenvalue weighted by Gasteiger charge is -2.26. The molecule has 160 valence electrons. The summed E-state index contributed by atoms with van der Waals surface area (Å²) in [7, 11) is 0. The monoisotopic (exact) mass is 457 g/mol. The van der Waals surface area contributed by atoms with Crippen LogP contribution < -0.4 is 10.2 Å². The molecule has 2 aliphatic heterocycles. The van der Waals surface area contributed by atoms with Crippen LogP contribution in [-0.4, -0.2) is 35.7 Å². The third kappa shape index (κ3) is 4.05. The molecule has 0 spiro atoms. The second-order valence-corrected chi connectivity index (χ2v) is 8.36. The third-order valence-electron chi connectivity index (χ3n) is 5.55. The van der Waals surface area contributed by atoms with Crippen LogP contribution in [-0.2, 0) is 9.59 Å². The maximum absolute atomic E-state index is 13.0. The van der Waals surface area contributed by atoms with Gasteiger partial charge in [0.15, 0.2) is 0 Å². The maximum Gasteiger partial charge on any atom is 0.283 e. The number of carbonyl (C=O) groups excluding carboxylic acids is 3. The minimum Gasteiger partial charge on any atom is -0.350 e. The van der Waals surface area contributed by atoms with E-state index in [4.69, 9.17) is 23.2 Å². The third-order valence-corrected chi connectivity index (χ3v) is 6.31. The first kappa shape index (κ1) is 21.4. The molecule has 31 heavy (non-hydrogen) atoms. The van der Waals surface area contributed by atoms with Crippen LogP contribution in [0.2, 0.25) is 5.02 Å². The Morgan fingerprint density at radius 3 is 2.29 bits per heavy atom. The largest absolute Gasteiger partial charge is 0.350 e. The van der Waals surface area contributed by atoms with Gasteiger partial charge in [-0.25, -0.2) is 4.90 Å². The summed E-state index contributed by atoms with van der Waals surface area (Å²) < 4.78 is 0. The Hall–Kier alpha value is -2.83. The molecule has 0 radical (unpaired) electrons. The first-order valence-corrected chi connectivity index (χ1v) is 10.8. The van der Waals surface area contributed by atoms with Crippen molar-refractivity contribution in [2.45, 2.75) is 26.2 Å². The molecule has 1 fully saturated rings. The SMILES string of the molecule is Cc1c(Cl)cccc1N1C(=O)C(Cl)=C(Nc2ccc(C(=O)N3CCCCC3)cc2)C1=O. The fourth-order valence-corrected chi connectivity index (χ4v) is 4.17. The van der Waals surface area contributed by atoms with E-state index in [2.05, 4.69) is 5.32 Å². The number of nitrogens with zero attached hydrogens (tertiary/aromatic N) is 2. The number of rotatable bonds is 4. The fourth-order valence-electron chi connectivity index (χ4n) is 3.79. The lowest BCUT2D eigenvalue weighted by Crippen LogP contribution is -2.35. The summed E-state index contributed by atoms with van der Waals surface area (Å²) >= 11 is 12.3. The predicted molar refractivity (Wildman–Crippen MR) is 121 cm³/mol. The summed E-state index contributed by atoms with van der Waals surface area (Å²) in [4.78, 5) is 41.1. The molecule has 3 amide bonds. The van der Waals surface area contributed by atoms with Crippen molar-refractivity contribution in [3.63, 3.8) is 0 Å². The molecule has 1 saturated heterocycles. The molecule has 0 aromatic heterocycles. The molecule has 0 atom stereocenters. The van der Waals surface area contributed by atoms with E-state index in [9.17, 15) is 14.4 Å². The zero-order valence-corrected chi connectivity index (χ0v) is 18.5. The standard InChI is InChI=1S/C23H21Cl2N3O3/c1-14-17(24)6-5-7-18(14)28-22(30)19(25)20(23(28)31)26-16-10-8-15(9-11-16)21(29)27-12-3-2-4-13-27/h5-11,26H,2-4,12-13H2,1H3. The lowest BCUT2D eigenvalue weighted by atomic mass is 10.1. The first-order valence-electron chi connectivity index (χ1n) is 10.1. The Labute approximate surface area is 190 Å². The molecule has 4 rings (SSSR count). The normalized spacial score (nSPS) is 16.9. The van der Waals surface area contributed by atoms with Gasteiger partial charge in [-0.2, -0.15) is 0 Å². The van der Waals surface area contributed by atoms with Gasteiger partial charge in [-0.3, -0.25) is 14.4 Å². The molecule has 0 aliphatic carbocycles. The highest BCUT2D eigenvalue weighted by molar-refractivity contribution is 6.53. The average molecular weight is 458 g/mol. The summed E-state index contributed by atoms with van der Waals surface area (Å²) in [5.74, 6) is -1.18. The first-order chi connectivity index (χ1) is 14.9. The minimum absolute atomic E-state index is 0.00164. The number of halogens is 2. The quantitative estimate of drug-likeness (QED) is 0.674. The van der Waals surface area contributed by atoms with Gasteiger partial charge in [0, 0.05) is 29.4 Å². The van der Waals surface area contributed by atoms with E-state index >= 15 is 0 Å². The van der Waals surface area contributed by atoms with Gasteiger partial charge >= 0.3 is 0 Å². The Morgan fingerprint density at radius 2 is 1.61 bits per heavy atom. The number of benzene rings is 2. The molecule has 2 heterocycles. The summed E-state index contributed by atoms with van der Waals surface area (Å²) in [5.41, 5.74) is 2.12. The van der Waals surface area contributed by atoms with Gasteiger partial charge in [0.25, 0.3) is 17.7 Å². The molecule has 6 nitrogen and oxygen atoms in total. The van der Waals surface area contributed by atoms with Gasteiger partial charge in [-0.05, 0) is 68.1 Å². The van der Waals surface area contributed by atoms with Crippen LogP contribution in [0.15, 0.2) is 53.2 Å². The molecule has 2 aromatic rings. The van der Waals surface area contributed by atoms with Gasteiger partial charge in [0.2, 0.25) is 0 Å². The van der Waals surface area contributed by atoms with Crippen molar-refractivity contribution < 1.29 is 14.4 Å². The van der Waals surface area contributed by atoms with Gasteiger partial charge < -0.3 is 10.2 Å². The highest BCUT2D eigenvalue weighted by Crippen LogP contribution is 2.34. The second-order valence-electron chi connectivity index (χ2n) is 7.57. The summed E-state index contributed by atoms with van der Waals surface area (Å²) in [6.45, 7) is 3.28. The van der Waals surface area contributed by atoms with Crippen LogP contribution in [0, 0.1) is 6.92 Å². The second kappa shape index (κ2) is 8.73. The van der Waals surface area contributed by atoms with Crippen LogP contribution >= 0.6 is 23.2 Å². The summed E-state index contributed by atoms with van der Waals surface area (Å²) in [6, 6.07) is 11.8. The number of nitrogens with one attached hydrogen (secondary N) is 1. The van der Waals surface area contributed by atoms with Gasteiger partial charge in [0.1, 0.15) is 10.7 Å². The van der Waals surface area contributed by atoms with E-state index in [1.807, 2.05) is 4.90 Å². The summed E-state index contributed by atoms with van der Waals surface area (Å²) in [6.07, 6.45) is 3.20. The predicted octanol–water partition coefficient (Wildman–Crippen LogP) is 4.71. The van der Waals surface area contributed by atoms with Crippen molar-refractivity contribution in [3.05, 3.63) is 69.3 Å². The Kier molecular flexibility index (Phi) is 6.03. The van der Waals surface area contributed by atoms with E-state index < -0.39 is 11.8 Å². The molecular weight excluding hydrogens is 437 g/mol. The van der Waals surface area contributed by atoms with Crippen molar-refractivity contribution in [1.82, 2.24) is 4.90 Å². The molecule has 0 saturated carbocycles. The van der Waals surface area contributed by atoms with Crippen LogP contribution in [0.3, 0.4) is 0 Å². The van der Waals surface area contributed by atoms with Gasteiger partial charge in [-0.15, -0.1) is 0 Å². The van der Waals surface area contributed by atoms with E-state index in [0.717, 1.165) is 37.3 Å². The number of hydrogen-bond donors (Lipinski definition) is 1. The number of hydrogen-bond acceptors (Lipinski definition) is 4. The molecule has 2 aromatic carbocycles. The molecule has 0 bridgehead atoms. The number of carbonyl (C=O) groups is 3. The number of piperidine rings is 1.